The van der Waals surface area contributed by atoms with Crippen molar-refractivity contribution in [3.05, 3.63) is 70.6 Å². The van der Waals surface area contributed by atoms with E-state index in [0.717, 1.165) is 36.3 Å². The van der Waals surface area contributed by atoms with Crippen molar-refractivity contribution in [2.24, 2.45) is 0 Å². The number of hydrogen-bond acceptors (Lipinski definition) is 4. The fourth-order valence-corrected chi connectivity index (χ4v) is 4.09. The van der Waals surface area contributed by atoms with E-state index in [0.29, 0.717) is 17.8 Å². The summed E-state index contributed by atoms with van der Waals surface area (Å²) in [5.74, 6) is -1.90. The van der Waals surface area contributed by atoms with Crippen molar-refractivity contribution in [1.82, 2.24) is 4.90 Å². The minimum absolute atomic E-state index is 0.0716. The minimum Gasteiger partial charge on any atom is -0.350 e. The molecule has 2 aromatic carbocycles. The Kier molecular flexibility index (Phi) is 5.78. The molecule has 2 aliphatic rings. The molecule has 1 atom stereocenters. The molecule has 2 heterocycles. The molecule has 0 bridgehead atoms. The van der Waals surface area contributed by atoms with Gasteiger partial charge in [-0.2, -0.15) is 0 Å². The number of benzene rings is 2. The molecule has 160 valence electrons. The number of rotatable bonds is 4. The molecule has 1 saturated heterocycles. The third-order valence-electron chi connectivity index (χ3n) is 5.55. The highest BCUT2D eigenvalue weighted by Crippen LogP contribution is 2.30. The number of amides is 3. The Labute approximate surface area is 184 Å². The van der Waals surface area contributed by atoms with E-state index < -0.39 is 17.6 Å². The fourth-order valence-electron chi connectivity index (χ4n) is 3.88. The van der Waals surface area contributed by atoms with Crippen LogP contribution in [0.2, 0.25) is 0 Å². The lowest BCUT2D eigenvalue weighted by molar-refractivity contribution is -0.120. The summed E-state index contributed by atoms with van der Waals surface area (Å²) in [6.07, 6.45) is 3.06. The first-order chi connectivity index (χ1) is 14.9. The van der Waals surface area contributed by atoms with Gasteiger partial charge in [0.2, 0.25) is 0 Å². The van der Waals surface area contributed by atoms with Crippen LogP contribution in [0.4, 0.5) is 15.8 Å². The second-order valence-corrected chi connectivity index (χ2v) is 8.04. The van der Waals surface area contributed by atoms with Gasteiger partial charge in [0.25, 0.3) is 17.7 Å². The van der Waals surface area contributed by atoms with E-state index in [-0.39, 0.29) is 28.4 Å². The highest BCUT2D eigenvalue weighted by molar-refractivity contribution is 6.53. The van der Waals surface area contributed by atoms with Crippen molar-refractivity contribution < 1.29 is 18.8 Å². The topological polar surface area (TPSA) is 69.7 Å². The van der Waals surface area contributed by atoms with Gasteiger partial charge in [-0.1, -0.05) is 17.7 Å². The molecule has 8 heteroatoms. The van der Waals surface area contributed by atoms with Crippen LogP contribution < -0.4 is 10.2 Å². The quantitative estimate of drug-likeness (QED) is 0.719. The van der Waals surface area contributed by atoms with Crippen molar-refractivity contribution in [2.45, 2.75) is 32.2 Å². The fraction of sp³-hybridized carbons (Fsp3) is 0.261. The Morgan fingerprint density at radius 3 is 2.55 bits per heavy atom. The largest absolute Gasteiger partial charge is 0.350 e. The van der Waals surface area contributed by atoms with Crippen molar-refractivity contribution in [1.29, 1.82) is 0 Å². The van der Waals surface area contributed by atoms with Crippen LogP contribution in [-0.4, -0.2) is 35.2 Å². The van der Waals surface area contributed by atoms with Crippen molar-refractivity contribution in [3.63, 3.8) is 0 Å². The Hall–Kier alpha value is -3.19. The first kappa shape index (κ1) is 21.1. The highest BCUT2D eigenvalue weighted by Gasteiger charge is 2.39. The normalized spacial score (nSPS) is 19.3. The Balaban J connectivity index is 1.56. The maximum absolute atomic E-state index is 13.2. The molecule has 0 spiro atoms. The summed E-state index contributed by atoms with van der Waals surface area (Å²) >= 11 is 6.15. The first-order valence-electron chi connectivity index (χ1n) is 10.1. The van der Waals surface area contributed by atoms with Gasteiger partial charge in [0, 0.05) is 23.8 Å². The second kappa shape index (κ2) is 8.51. The van der Waals surface area contributed by atoms with Gasteiger partial charge >= 0.3 is 0 Å². The summed E-state index contributed by atoms with van der Waals surface area (Å²) in [6, 6.07) is 11.9. The smallest absolute Gasteiger partial charge is 0.283 e. The van der Waals surface area contributed by atoms with Gasteiger partial charge in [0.1, 0.15) is 16.5 Å². The van der Waals surface area contributed by atoms with Gasteiger partial charge < -0.3 is 10.2 Å². The number of carbonyl (C=O) groups is 3. The number of hydrogen-bond donors (Lipinski definition) is 1. The average molecular weight is 442 g/mol. The number of nitrogens with zero attached hydrogens (tertiary/aromatic N) is 2. The molecule has 4 rings (SSSR count). The zero-order valence-electron chi connectivity index (χ0n) is 16.9. The van der Waals surface area contributed by atoms with Crippen LogP contribution in [0.5, 0.6) is 0 Å². The molecule has 3 amide bonds. The van der Waals surface area contributed by atoms with Gasteiger partial charge in [0.15, 0.2) is 0 Å². The van der Waals surface area contributed by atoms with E-state index in [9.17, 15) is 18.8 Å². The summed E-state index contributed by atoms with van der Waals surface area (Å²) in [7, 11) is 0. The minimum atomic E-state index is -0.699. The molecule has 6 nitrogen and oxygen atoms in total. The predicted molar refractivity (Wildman–Crippen MR) is 116 cm³/mol. The summed E-state index contributed by atoms with van der Waals surface area (Å²) in [5.41, 5.74) is 1.08. The number of anilines is 2. The SMILES string of the molecule is CC1CCCCN1C(=O)c1cccc(NC2=C(Cl)C(=O)N(c3ccc(F)cc3)C2=O)c1. The number of carbonyl (C=O) groups excluding carboxylic acids is 3. The maximum Gasteiger partial charge on any atom is 0.283 e. The first-order valence-corrected chi connectivity index (χ1v) is 10.5. The lowest BCUT2D eigenvalue weighted by Gasteiger charge is -2.33. The number of likely N-dealkylation sites (tertiary alicyclic amines) is 1. The van der Waals surface area contributed by atoms with E-state index in [4.69, 9.17) is 11.6 Å². The number of imide groups is 1. The third-order valence-corrected chi connectivity index (χ3v) is 5.91. The standard InChI is InChI=1S/C23H21ClFN3O3/c1-14-5-2-3-12-27(14)21(29)15-6-4-7-17(13-15)26-20-19(24)22(30)28(23(20)31)18-10-8-16(25)9-11-18/h4,6-11,13-14,26H,2-3,5,12H2,1H3. The second-order valence-electron chi connectivity index (χ2n) is 7.66. The van der Waals surface area contributed by atoms with Crippen molar-refractivity contribution >= 4 is 40.7 Å². The van der Waals surface area contributed by atoms with E-state index in [1.165, 1.54) is 12.1 Å². The number of piperidine rings is 1. The van der Waals surface area contributed by atoms with Crippen molar-refractivity contribution in [3.8, 4) is 0 Å². The summed E-state index contributed by atoms with van der Waals surface area (Å²) in [5, 5.41) is 2.61. The molecule has 0 saturated carbocycles. The molecule has 0 aliphatic carbocycles. The molecule has 0 radical (unpaired) electrons. The van der Waals surface area contributed by atoms with Crippen LogP contribution in [0.15, 0.2) is 59.3 Å². The van der Waals surface area contributed by atoms with Gasteiger partial charge in [-0.15, -0.1) is 0 Å². The van der Waals surface area contributed by atoms with E-state index >= 15 is 0 Å². The molecule has 31 heavy (non-hydrogen) atoms. The van der Waals surface area contributed by atoms with Gasteiger partial charge in [-0.3, -0.25) is 14.4 Å². The molecule has 2 aliphatic heterocycles. The maximum atomic E-state index is 13.2. The summed E-state index contributed by atoms with van der Waals surface area (Å²) in [6.45, 7) is 2.75. The summed E-state index contributed by atoms with van der Waals surface area (Å²) < 4.78 is 13.2. The number of halogens is 2. The molecule has 0 aromatic heterocycles. The van der Waals surface area contributed by atoms with Crippen LogP contribution in [0.25, 0.3) is 0 Å². The molecular weight excluding hydrogens is 421 g/mol. The van der Waals surface area contributed by atoms with E-state index in [1.54, 1.807) is 24.3 Å². The van der Waals surface area contributed by atoms with Gasteiger partial charge in [-0.05, 0) is 68.7 Å². The van der Waals surface area contributed by atoms with Crippen LogP contribution >= 0.6 is 11.6 Å². The van der Waals surface area contributed by atoms with Gasteiger partial charge in [-0.25, -0.2) is 9.29 Å². The molecule has 1 fully saturated rings. The van der Waals surface area contributed by atoms with Crippen LogP contribution in [-0.2, 0) is 9.59 Å². The third kappa shape index (κ3) is 4.05. The number of nitrogens with one attached hydrogen (secondary N) is 1. The van der Waals surface area contributed by atoms with Crippen LogP contribution in [0, 0.1) is 5.82 Å². The zero-order chi connectivity index (χ0) is 22.1. The summed E-state index contributed by atoms with van der Waals surface area (Å²) in [4.78, 5) is 41.1. The Morgan fingerprint density at radius 1 is 1.10 bits per heavy atom. The van der Waals surface area contributed by atoms with Crippen LogP contribution in [0.3, 0.4) is 0 Å². The average Bonchev–Trinajstić information content (AvgIpc) is 2.98. The Morgan fingerprint density at radius 2 is 1.84 bits per heavy atom. The molecule has 1 N–H and O–H groups in total. The van der Waals surface area contributed by atoms with E-state index in [2.05, 4.69) is 5.32 Å². The molecule has 2 aromatic rings. The monoisotopic (exact) mass is 441 g/mol. The van der Waals surface area contributed by atoms with Crippen molar-refractivity contribution in [2.75, 3.05) is 16.8 Å². The predicted octanol–water partition coefficient (Wildman–Crippen LogP) is 4.28. The van der Waals surface area contributed by atoms with E-state index in [1.807, 2.05) is 11.8 Å². The molecule has 1 unspecified atom stereocenters. The lowest BCUT2D eigenvalue weighted by Crippen LogP contribution is -2.42. The lowest BCUT2D eigenvalue weighted by atomic mass is 10.0. The highest BCUT2D eigenvalue weighted by atomic mass is 35.5. The Bertz CT molecular complexity index is 1080. The zero-order valence-corrected chi connectivity index (χ0v) is 17.7. The van der Waals surface area contributed by atoms with Crippen LogP contribution in [0.1, 0.15) is 36.5 Å². The van der Waals surface area contributed by atoms with Gasteiger partial charge in [0.05, 0.1) is 5.69 Å². The molecular formula is C23H21ClFN3O3.